The number of benzene rings is 1. The minimum absolute atomic E-state index is 0.250. The highest BCUT2D eigenvalue weighted by atomic mass is 19.4. The fraction of sp³-hybridized carbons (Fsp3) is 0.312. The fourth-order valence-corrected chi connectivity index (χ4v) is 2.29. The number of aryl methyl sites for hydroxylation is 1. The molecule has 0 saturated carbocycles. The van der Waals surface area contributed by atoms with E-state index in [1.807, 2.05) is 13.0 Å². The normalized spacial score (nSPS) is 13.2. The third-order valence-electron chi connectivity index (χ3n) is 3.46. The van der Waals surface area contributed by atoms with Gasteiger partial charge in [-0.25, -0.2) is 0 Å². The summed E-state index contributed by atoms with van der Waals surface area (Å²) < 4.78 is 37.5. The predicted molar refractivity (Wildman–Crippen MR) is 75.7 cm³/mol. The Hall–Kier alpha value is -1.88. The van der Waals surface area contributed by atoms with Crippen LogP contribution < -0.4 is 5.73 Å². The maximum Gasteiger partial charge on any atom is 0.416 e. The van der Waals surface area contributed by atoms with Gasteiger partial charge in [0.2, 0.25) is 0 Å². The molecule has 2 aromatic rings. The van der Waals surface area contributed by atoms with E-state index in [1.165, 1.54) is 12.1 Å². The zero-order chi connectivity index (χ0) is 15.5. The van der Waals surface area contributed by atoms with Gasteiger partial charge >= 0.3 is 6.18 Å². The number of nitrogens with zero attached hydrogens (tertiary/aromatic N) is 1. The van der Waals surface area contributed by atoms with Crippen LogP contribution in [0.5, 0.6) is 0 Å². The third-order valence-corrected chi connectivity index (χ3v) is 3.46. The Morgan fingerprint density at radius 3 is 2.38 bits per heavy atom. The summed E-state index contributed by atoms with van der Waals surface area (Å²) >= 11 is 0. The Kier molecular flexibility index (Phi) is 4.63. The van der Waals surface area contributed by atoms with Gasteiger partial charge in [-0.3, -0.25) is 4.98 Å². The van der Waals surface area contributed by atoms with E-state index in [0.717, 1.165) is 35.2 Å². The van der Waals surface area contributed by atoms with E-state index in [-0.39, 0.29) is 6.04 Å². The van der Waals surface area contributed by atoms with Crippen LogP contribution >= 0.6 is 0 Å². The molecule has 0 aliphatic heterocycles. The molecule has 1 atom stereocenters. The van der Waals surface area contributed by atoms with Crippen molar-refractivity contribution >= 4 is 0 Å². The smallest absolute Gasteiger partial charge is 0.324 e. The molecule has 0 saturated heterocycles. The van der Waals surface area contributed by atoms with Gasteiger partial charge in [0.15, 0.2) is 0 Å². The molecule has 0 spiro atoms. The quantitative estimate of drug-likeness (QED) is 0.928. The molecular formula is C16H17F3N2. The molecule has 0 radical (unpaired) electrons. The van der Waals surface area contributed by atoms with Gasteiger partial charge in [-0.2, -0.15) is 13.2 Å². The van der Waals surface area contributed by atoms with Crippen LogP contribution in [-0.2, 0) is 19.0 Å². The van der Waals surface area contributed by atoms with Gasteiger partial charge in [0.1, 0.15) is 0 Å². The molecule has 0 bridgehead atoms. The van der Waals surface area contributed by atoms with Crippen molar-refractivity contribution in [2.24, 2.45) is 5.73 Å². The van der Waals surface area contributed by atoms with Gasteiger partial charge in [-0.1, -0.05) is 19.1 Å². The topological polar surface area (TPSA) is 38.9 Å². The molecule has 1 aromatic carbocycles. The van der Waals surface area contributed by atoms with Crippen molar-refractivity contribution in [3.05, 3.63) is 65.0 Å². The van der Waals surface area contributed by atoms with E-state index in [2.05, 4.69) is 4.98 Å². The summed E-state index contributed by atoms with van der Waals surface area (Å²) in [4.78, 5) is 4.06. The summed E-state index contributed by atoms with van der Waals surface area (Å²) in [6, 6.07) is 6.77. The second kappa shape index (κ2) is 6.26. The molecule has 2 nitrogen and oxygen atoms in total. The average molecular weight is 294 g/mol. The minimum atomic E-state index is -4.30. The second-order valence-electron chi connectivity index (χ2n) is 4.93. The SMILES string of the molecule is CCc1cnccc1C(N)Cc1ccc(C(F)(F)F)cc1. The summed E-state index contributed by atoms with van der Waals surface area (Å²) in [5.41, 5.74) is 8.38. The lowest BCUT2D eigenvalue weighted by molar-refractivity contribution is -0.137. The molecular weight excluding hydrogens is 277 g/mol. The molecule has 0 aliphatic carbocycles. The molecule has 0 amide bonds. The Bertz CT molecular complexity index is 591. The largest absolute Gasteiger partial charge is 0.416 e. The number of hydrogen-bond acceptors (Lipinski definition) is 2. The van der Waals surface area contributed by atoms with Gasteiger partial charge in [0.25, 0.3) is 0 Å². The first-order valence-corrected chi connectivity index (χ1v) is 6.76. The lowest BCUT2D eigenvalue weighted by Gasteiger charge is -2.16. The van der Waals surface area contributed by atoms with E-state index >= 15 is 0 Å². The molecule has 2 rings (SSSR count). The maximum atomic E-state index is 12.5. The van der Waals surface area contributed by atoms with Crippen molar-refractivity contribution in [2.75, 3.05) is 0 Å². The van der Waals surface area contributed by atoms with E-state index in [1.54, 1.807) is 12.4 Å². The maximum absolute atomic E-state index is 12.5. The molecule has 2 N–H and O–H groups in total. The summed E-state index contributed by atoms with van der Waals surface area (Å²) in [6.45, 7) is 2.02. The van der Waals surface area contributed by atoms with Crippen LogP contribution in [0.3, 0.4) is 0 Å². The summed E-state index contributed by atoms with van der Waals surface area (Å²) in [5.74, 6) is 0. The highest BCUT2D eigenvalue weighted by Gasteiger charge is 2.29. The number of alkyl halides is 3. The van der Waals surface area contributed by atoms with Crippen LogP contribution in [-0.4, -0.2) is 4.98 Å². The van der Waals surface area contributed by atoms with Crippen molar-refractivity contribution < 1.29 is 13.2 Å². The molecule has 1 aromatic heterocycles. The molecule has 0 aliphatic rings. The number of nitrogens with two attached hydrogens (primary N) is 1. The monoisotopic (exact) mass is 294 g/mol. The van der Waals surface area contributed by atoms with E-state index < -0.39 is 11.7 Å². The third kappa shape index (κ3) is 3.82. The molecule has 1 unspecified atom stereocenters. The Morgan fingerprint density at radius 1 is 1.14 bits per heavy atom. The second-order valence-corrected chi connectivity index (χ2v) is 4.93. The highest BCUT2D eigenvalue weighted by Crippen LogP contribution is 2.29. The van der Waals surface area contributed by atoms with Crippen LogP contribution in [0.1, 0.15) is 35.2 Å². The van der Waals surface area contributed by atoms with Crippen LogP contribution in [0.25, 0.3) is 0 Å². The first-order valence-electron chi connectivity index (χ1n) is 6.76. The van der Waals surface area contributed by atoms with Crippen molar-refractivity contribution in [3.63, 3.8) is 0 Å². The molecule has 1 heterocycles. The van der Waals surface area contributed by atoms with Crippen molar-refractivity contribution in [3.8, 4) is 0 Å². The number of halogens is 3. The van der Waals surface area contributed by atoms with Crippen LogP contribution in [0.2, 0.25) is 0 Å². The van der Waals surface area contributed by atoms with Crippen LogP contribution in [0.4, 0.5) is 13.2 Å². The predicted octanol–water partition coefficient (Wildman–Crippen LogP) is 3.91. The average Bonchev–Trinajstić information content (AvgIpc) is 2.46. The van der Waals surface area contributed by atoms with Crippen LogP contribution in [0, 0.1) is 0 Å². The zero-order valence-electron chi connectivity index (χ0n) is 11.7. The summed E-state index contributed by atoms with van der Waals surface area (Å²) in [7, 11) is 0. The first kappa shape index (κ1) is 15.5. The molecule has 0 fully saturated rings. The van der Waals surface area contributed by atoms with E-state index in [4.69, 9.17) is 5.73 Å². The standard InChI is InChI=1S/C16H17F3N2/c1-2-12-10-21-8-7-14(12)15(20)9-11-3-5-13(6-4-11)16(17,18)19/h3-8,10,15H,2,9,20H2,1H3. The lowest BCUT2D eigenvalue weighted by atomic mass is 9.95. The Balaban J connectivity index is 2.14. The van der Waals surface area contributed by atoms with Gasteiger partial charge in [-0.05, 0) is 47.7 Å². The lowest BCUT2D eigenvalue weighted by Crippen LogP contribution is -2.15. The van der Waals surface area contributed by atoms with E-state index in [9.17, 15) is 13.2 Å². The Morgan fingerprint density at radius 2 is 1.81 bits per heavy atom. The van der Waals surface area contributed by atoms with E-state index in [0.29, 0.717) is 6.42 Å². The minimum Gasteiger partial charge on any atom is -0.324 e. The molecule has 5 heteroatoms. The van der Waals surface area contributed by atoms with Gasteiger partial charge in [0.05, 0.1) is 5.56 Å². The van der Waals surface area contributed by atoms with Crippen molar-refractivity contribution in [1.82, 2.24) is 4.98 Å². The van der Waals surface area contributed by atoms with Gasteiger partial charge in [0, 0.05) is 18.4 Å². The summed E-state index contributed by atoms with van der Waals surface area (Å²) in [5, 5.41) is 0. The number of aromatic nitrogens is 1. The molecule has 21 heavy (non-hydrogen) atoms. The van der Waals surface area contributed by atoms with Gasteiger partial charge in [-0.15, -0.1) is 0 Å². The van der Waals surface area contributed by atoms with Gasteiger partial charge < -0.3 is 5.73 Å². The Labute approximate surface area is 121 Å². The first-order chi connectivity index (χ1) is 9.91. The number of hydrogen-bond donors (Lipinski definition) is 1. The zero-order valence-corrected chi connectivity index (χ0v) is 11.7. The fourth-order valence-electron chi connectivity index (χ4n) is 2.29. The van der Waals surface area contributed by atoms with Crippen molar-refractivity contribution in [2.45, 2.75) is 32.0 Å². The number of rotatable bonds is 4. The van der Waals surface area contributed by atoms with Crippen molar-refractivity contribution in [1.29, 1.82) is 0 Å². The molecule has 112 valence electrons. The van der Waals surface area contributed by atoms with Crippen LogP contribution in [0.15, 0.2) is 42.7 Å². The number of pyridine rings is 1. The highest BCUT2D eigenvalue weighted by molar-refractivity contribution is 5.30. The summed E-state index contributed by atoms with van der Waals surface area (Å²) in [6.07, 6.45) is 0.475.